The van der Waals surface area contributed by atoms with Crippen molar-refractivity contribution < 1.29 is 0 Å². The van der Waals surface area contributed by atoms with E-state index < -0.39 is 0 Å². The second-order valence-electron chi connectivity index (χ2n) is 4.88. The second-order valence-corrected chi connectivity index (χ2v) is 6.55. The highest BCUT2D eigenvalue weighted by Gasteiger charge is 2.21. The lowest BCUT2D eigenvalue weighted by Gasteiger charge is -2.17. The van der Waals surface area contributed by atoms with Crippen LogP contribution < -0.4 is 5.32 Å². The first-order valence-electron chi connectivity index (χ1n) is 6.60. The molecular weight excluding hydrogens is 313 g/mol. The molecule has 6 heteroatoms. The molecule has 1 unspecified atom stereocenters. The van der Waals surface area contributed by atoms with E-state index >= 15 is 0 Å². The molecule has 0 aliphatic rings. The van der Waals surface area contributed by atoms with Crippen LogP contribution >= 0.6 is 34.5 Å². The van der Waals surface area contributed by atoms with Gasteiger partial charge in [0.25, 0.3) is 0 Å². The highest BCUT2D eigenvalue weighted by molar-refractivity contribution is 7.10. The lowest BCUT2D eigenvalue weighted by molar-refractivity contribution is 0.536. The molecule has 0 fully saturated rings. The SMILES string of the molecule is CCNC(Cc1c(Cl)c(C)nn1C)c1scc(C)c1Cl. The second kappa shape index (κ2) is 6.48. The normalized spacial score (nSPS) is 12.9. The van der Waals surface area contributed by atoms with Gasteiger partial charge in [-0.1, -0.05) is 30.1 Å². The number of nitrogens with zero attached hydrogens (tertiary/aromatic N) is 2. The average molecular weight is 332 g/mol. The maximum atomic E-state index is 6.41. The molecule has 20 heavy (non-hydrogen) atoms. The molecular formula is C14H19Cl2N3S. The summed E-state index contributed by atoms with van der Waals surface area (Å²) < 4.78 is 1.86. The maximum Gasteiger partial charge on any atom is 0.0847 e. The Labute approximate surface area is 133 Å². The maximum absolute atomic E-state index is 6.41. The Morgan fingerprint density at radius 1 is 1.35 bits per heavy atom. The zero-order chi connectivity index (χ0) is 14.9. The van der Waals surface area contributed by atoms with Gasteiger partial charge in [0.15, 0.2) is 0 Å². The van der Waals surface area contributed by atoms with Gasteiger partial charge in [0, 0.05) is 24.4 Å². The molecule has 2 heterocycles. The number of rotatable bonds is 5. The molecule has 0 saturated heterocycles. The summed E-state index contributed by atoms with van der Waals surface area (Å²) in [5, 5.41) is 11.6. The van der Waals surface area contributed by atoms with E-state index in [1.54, 1.807) is 11.3 Å². The highest BCUT2D eigenvalue weighted by atomic mass is 35.5. The van der Waals surface area contributed by atoms with E-state index in [9.17, 15) is 0 Å². The van der Waals surface area contributed by atoms with Gasteiger partial charge in [0.05, 0.1) is 21.4 Å². The minimum Gasteiger partial charge on any atom is -0.309 e. The smallest absolute Gasteiger partial charge is 0.0847 e. The fourth-order valence-electron chi connectivity index (χ4n) is 2.28. The first-order valence-corrected chi connectivity index (χ1v) is 8.24. The van der Waals surface area contributed by atoms with Crippen LogP contribution in [0.1, 0.15) is 34.8 Å². The van der Waals surface area contributed by atoms with Gasteiger partial charge in [0.2, 0.25) is 0 Å². The number of nitrogens with one attached hydrogen (secondary N) is 1. The quantitative estimate of drug-likeness (QED) is 0.885. The predicted octanol–water partition coefficient (Wildman–Crippen LogP) is 4.30. The van der Waals surface area contributed by atoms with E-state index in [0.717, 1.165) is 40.0 Å². The van der Waals surface area contributed by atoms with Crippen LogP contribution in [0.5, 0.6) is 0 Å². The Morgan fingerprint density at radius 2 is 2.05 bits per heavy atom. The fourth-order valence-corrected chi connectivity index (χ4v) is 3.92. The van der Waals surface area contributed by atoms with E-state index in [1.165, 1.54) is 4.88 Å². The van der Waals surface area contributed by atoms with Gasteiger partial charge >= 0.3 is 0 Å². The Morgan fingerprint density at radius 3 is 2.50 bits per heavy atom. The molecule has 0 saturated carbocycles. The van der Waals surface area contributed by atoms with Crippen LogP contribution in [0.15, 0.2) is 5.38 Å². The van der Waals surface area contributed by atoms with Crippen molar-refractivity contribution in [2.45, 2.75) is 33.2 Å². The monoisotopic (exact) mass is 331 g/mol. The Bertz CT molecular complexity index is 604. The summed E-state index contributed by atoms with van der Waals surface area (Å²) in [6, 6.07) is 0.165. The summed E-state index contributed by atoms with van der Waals surface area (Å²) in [7, 11) is 1.93. The molecule has 0 amide bonds. The molecule has 1 atom stereocenters. The Kier molecular flexibility index (Phi) is 5.13. The van der Waals surface area contributed by atoms with Crippen LogP contribution in [0.2, 0.25) is 10.0 Å². The third kappa shape index (κ3) is 3.03. The first kappa shape index (κ1) is 15.8. The Hall–Kier alpha value is -0.550. The standard InChI is InChI=1S/C14H19Cl2N3S/c1-5-17-10(14-12(15)8(2)7-20-14)6-11-13(16)9(3)18-19(11)4/h7,10,17H,5-6H2,1-4H3. The summed E-state index contributed by atoms with van der Waals surface area (Å²) in [6.45, 7) is 6.94. The lowest BCUT2D eigenvalue weighted by atomic mass is 10.1. The molecule has 110 valence electrons. The van der Waals surface area contributed by atoms with Crippen molar-refractivity contribution in [3.63, 3.8) is 0 Å². The minimum atomic E-state index is 0.165. The largest absolute Gasteiger partial charge is 0.309 e. The first-order chi connectivity index (χ1) is 9.45. The summed E-state index contributed by atoms with van der Waals surface area (Å²) in [6.07, 6.45) is 0.781. The topological polar surface area (TPSA) is 29.9 Å². The van der Waals surface area contributed by atoms with Crippen LogP contribution in [0.3, 0.4) is 0 Å². The van der Waals surface area contributed by atoms with Gasteiger partial charge in [0.1, 0.15) is 0 Å². The minimum absolute atomic E-state index is 0.165. The van der Waals surface area contributed by atoms with Gasteiger partial charge in [-0.05, 0) is 31.3 Å². The number of hydrogen-bond acceptors (Lipinski definition) is 3. The molecule has 3 nitrogen and oxygen atoms in total. The van der Waals surface area contributed by atoms with Gasteiger partial charge in [-0.3, -0.25) is 4.68 Å². The van der Waals surface area contributed by atoms with E-state index in [0.29, 0.717) is 0 Å². The third-order valence-corrected chi connectivity index (χ3v) is 5.67. The van der Waals surface area contributed by atoms with Crippen molar-refractivity contribution in [1.82, 2.24) is 15.1 Å². The van der Waals surface area contributed by atoms with Gasteiger partial charge in [-0.2, -0.15) is 5.10 Å². The van der Waals surface area contributed by atoms with Crippen molar-refractivity contribution in [2.75, 3.05) is 6.54 Å². The summed E-state index contributed by atoms with van der Waals surface area (Å²) in [4.78, 5) is 1.17. The van der Waals surface area contributed by atoms with Gasteiger partial charge < -0.3 is 5.32 Å². The van der Waals surface area contributed by atoms with Crippen molar-refractivity contribution in [1.29, 1.82) is 0 Å². The van der Waals surface area contributed by atoms with Crippen LogP contribution in [-0.2, 0) is 13.5 Å². The fraction of sp³-hybridized carbons (Fsp3) is 0.500. The molecule has 0 aromatic carbocycles. The van der Waals surface area contributed by atoms with Crippen molar-refractivity contribution in [2.24, 2.45) is 7.05 Å². The van der Waals surface area contributed by atoms with Crippen LogP contribution in [0, 0.1) is 13.8 Å². The molecule has 2 aromatic heterocycles. The van der Waals surface area contributed by atoms with Crippen LogP contribution in [-0.4, -0.2) is 16.3 Å². The number of thiophene rings is 1. The molecule has 0 radical (unpaired) electrons. The number of aryl methyl sites for hydroxylation is 3. The lowest BCUT2D eigenvalue weighted by Crippen LogP contribution is -2.23. The van der Waals surface area contributed by atoms with Gasteiger partial charge in [-0.15, -0.1) is 11.3 Å². The molecule has 1 N–H and O–H groups in total. The zero-order valence-electron chi connectivity index (χ0n) is 12.1. The molecule has 0 aliphatic carbocycles. The van der Waals surface area contributed by atoms with E-state index in [1.807, 2.05) is 25.6 Å². The predicted molar refractivity (Wildman–Crippen MR) is 87.1 cm³/mol. The number of likely N-dealkylation sites (N-methyl/N-ethyl adjacent to an activating group) is 1. The van der Waals surface area contributed by atoms with Crippen molar-refractivity contribution in [3.8, 4) is 0 Å². The molecule has 2 rings (SSSR count). The highest BCUT2D eigenvalue weighted by Crippen LogP contribution is 2.35. The molecule has 2 aromatic rings. The number of aromatic nitrogens is 2. The van der Waals surface area contributed by atoms with E-state index in [-0.39, 0.29) is 6.04 Å². The summed E-state index contributed by atoms with van der Waals surface area (Å²) in [5.41, 5.74) is 3.03. The van der Waals surface area contributed by atoms with Crippen molar-refractivity contribution >= 4 is 34.5 Å². The summed E-state index contributed by atoms with van der Waals surface area (Å²) in [5.74, 6) is 0. The molecule has 0 bridgehead atoms. The van der Waals surface area contributed by atoms with E-state index in [2.05, 4.69) is 22.7 Å². The zero-order valence-corrected chi connectivity index (χ0v) is 14.5. The molecule has 0 aliphatic heterocycles. The number of hydrogen-bond donors (Lipinski definition) is 1. The van der Waals surface area contributed by atoms with Crippen LogP contribution in [0.25, 0.3) is 0 Å². The van der Waals surface area contributed by atoms with Crippen LogP contribution in [0.4, 0.5) is 0 Å². The molecule has 0 spiro atoms. The number of halogens is 2. The van der Waals surface area contributed by atoms with Gasteiger partial charge in [-0.25, -0.2) is 0 Å². The van der Waals surface area contributed by atoms with Crippen molar-refractivity contribution in [3.05, 3.63) is 37.3 Å². The Balaban J connectivity index is 2.32. The average Bonchev–Trinajstić information content (AvgIpc) is 2.84. The van der Waals surface area contributed by atoms with E-state index in [4.69, 9.17) is 23.2 Å². The summed E-state index contributed by atoms with van der Waals surface area (Å²) >= 11 is 14.5. The third-order valence-electron chi connectivity index (χ3n) is 3.35.